The molecule has 0 spiro atoms. The normalized spacial score (nSPS) is 12.6. The molecule has 0 fully saturated rings. The number of hydrogen-bond acceptors (Lipinski definition) is 2. The molecule has 0 aliphatic carbocycles. The summed E-state index contributed by atoms with van der Waals surface area (Å²) >= 11 is 0. The standard InChI is InChI=1S/C34H67NO2/c1-4-5-6-7-19-22-25-28-33(31-32-35(2)3)29-26-23-20-17-15-13-11-9-8-10-12-14-16-18-21-24-27-30-34(36)37/h10,12,33H,4-9,11,13-32H2,1-3H3,(H,36,37). The average Bonchev–Trinajstić information content (AvgIpc) is 2.87. The van der Waals surface area contributed by atoms with E-state index in [4.69, 9.17) is 5.11 Å². The summed E-state index contributed by atoms with van der Waals surface area (Å²) in [4.78, 5) is 12.8. The molecule has 0 rings (SSSR count). The topological polar surface area (TPSA) is 40.5 Å². The maximum absolute atomic E-state index is 10.5. The van der Waals surface area contributed by atoms with Crippen LogP contribution < -0.4 is 0 Å². The highest BCUT2D eigenvalue weighted by Gasteiger charge is 2.09. The average molecular weight is 522 g/mol. The van der Waals surface area contributed by atoms with E-state index in [0.29, 0.717) is 6.42 Å². The fraction of sp³-hybridized carbons (Fsp3) is 0.912. The van der Waals surface area contributed by atoms with Gasteiger partial charge in [0.15, 0.2) is 0 Å². The molecule has 0 aromatic carbocycles. The predicted octanol–water partition coefficient (Wildman–Crippen LogP) is 11.0. The van der Waals surface area contributed by atoms with E-state index in [1.807, 2.05) is 0 Å². The van der Waals surface area contributed by atoms with Crippen LogP contribution in [0.15, 0.2) is 12.2 Å². The van der Waals surface area contributed by atoms with Gasteiger partial charge in [-0.05, 0) is 65.1 Å². The highest BCUT2D eigenvalue weighted by atomic mass is 16.4. The van der Waals surface area contributed by atoms with E-state index < -0.39 is 5.97 Å². The van der Waals surface area contributed by atoms with Gasteiger partial charge in [-0.25, -0.2) is 0 Å². The first-order valence-electron chi connectivity index (χ1n) is 16.6. The lowest BCUT2D eigenvalue weighted by Crippen LogP contribution is -2.17. The van der Waals surface area contributed by atoms with Crippen molar-refractivity contribution in [3.63, 3.8) is 0 Å². The van der Waals surface area contributed by atoms with Gasteiger partial charge in [-0.15, -0.1) is 0 Å². The predicted molar refractivity (Wildman–Crippen MR) is 165 cm³/mol. The number of carboxylic acid groups (broad SMARTS) is 1. The van der Waals surface area contributed by atoms with Crippen LogP contribution >= 0.6 is 0 Å². The quantitative estimate of drug-likeness (QED) is 0.0754. The van der Waals surface area contributed by atoms with E-state index in [1.54, 1.807) is 0 Å². The van der Waals surface area contributed by atoms with Crippen LogP contribution in [0.5, 0.6) is 0 Å². The highest BCUT2D eigenvalue weighted by molar-refractivity contribution is 5.66. The third-order valence-electron chi connectivity index (χ3n) is 7.86. The molecule has 0 aromatic heterocycles. The van der Waals surface area contributed by atoms with E-state index in [-0.39, 0.29) is 0 Å². The van der Waals surface area contributed by atoms with Gasteiger partial charge in [0.05, 0.1) is 0 Å². The Labute approximate surface area is 233 Å². The van der Waals surface area contributed by atoms with Crippen molar-refractivity contribution in [3.05, 3.63) is 12.2 Å². The minimum absolute atomic E-state index is 0.330. The number of hydrogen-bond donors (Lipinski definition) is 1. The Hall–Kier alpha value is -0.830. The molecule has 0 amide bonds. The second kappa shape index (κ2) is 29.7. The number of unbranched alkanes of at least 4 members (excludes halogenated alkanes) is 19. The summed E-state index contributed by atoms with van der Waals surface area (Å²) in [7, 11) is 4.44. The van der Waals surface area contributed by atoms with Crippen molar-refractivity contribution in [2.75, 3.05) is 20.6 Å². The summed E-state index contributed by atoms with van der Waals surface area (Å²) in [6.07, 6.45) is 38.7. The Morgan fingerprint density at radius 2 is 1.00 bits per heavy atom. The number of carboxylic acids is 1. The SMILES string of the molecule is CCCCCCCCCC(CCCCCCCCCCC=CCCCCCCCC(=O)O)CCN(C)C. The number of allylic oxidation sites excluding steroid dienone is 2. The van der Waals surface area contributed by atoms with Crippen LogP contribution in [0.4, 0.5) is 0 Å². The minimum atomic E-state index is -0.660. The molecule has 0 aliphatic rings. The molecule has 0 aromatic rings. The number of carbonyl (C=O) groups is 1. The molecule has 3 heteroatoms. The molecular weight excluding hydrogens is 454 g/mol. The fourth-order valence-corrected chi connectivity index (χ4v) is 5.32. The number of rotatable bonds is 30. The van der Waals surface area contributed by atoms with Crippen LogP contribution in [0.3, 0.4) is 0 Å². The summed E-state index contributed by atoms with van der Waals surface area (Å²) in [5, 5.41) is 8.63. The first-order valence-corrected chi connectivity index (χ1v) is 16.6. The van der Waals surface area contributed by atoms with E-state index in [0.717, 1.165) is 18.8 Å². The second-order valence-electron chi connectivity index (χ2n) is 11.9. The molecule has 1 atom stereocenters. The van der Waals surface area contributed by atoms with E-state index in [9.17, 15) is 4.79 Å². The van der Waals surface area contributed by atoms with Crippen molar-refractivity contribution in [2.45, 2.75) is 174 Å². The summed E-state index contributed by atoms with van der Waals surface area (Å²) in [5.74, 6) is 0.293. The largest absolute Gasteiger partial charge is 0.481 e. The smallest absolute Gasteiger partial charge is 0.303 e. The van der Waals surface area contributed by atoms with Gasteiger partial charge in [0.25, 0.3) is 0 Å². The van der Waals surface area contributed by atoms with Crippen molar-refractivity contribution in [3.8, 4) is 0 Å². The molecular formula is C34H67NO2. The summed E-state index contributed by atoms with van der Waals surface area (Å²) in [5.41, 5.74) is 0. The third-order valence-corrected chi connectivity index (χ3v) is 7.86. The molecule has 0 aliphatic heterocycles. The number of nitrogens with zero attached hydrogens (tertiary/aromatic N) is 1. The van der Waals surface area contributed by atoms with Crippen molar-refractivity contribution >= 4 is 5.97 Å². The molecule has 1 unspecified atom stereocenters. The van der Waals surface area contributed by atoms with Gasteiger partial charge in [-0.2, -0.15) is 0 Å². The van der Waals surface area contributed by atoms with Gasteiger partial charge in [0.1, 0.15) is 0 Å². The maximum Gasteiger partial charge on any atom is 0.303 e. The fourth-order valence-electron chi connectivity index (χ4n) is 5.32. The highest BCUT2D eigenvalue weighted by Crippen LogP contribution is 2.22. The van der Waals surface area contributed by atoms with Crippen molar-refractivity contribution in [1.29, 1.82) is 0 Å². The summed E-state index contributed by atoms with van der Waals surface area (Å²) in [6.45, 7) is 3.56. The lowest BCUT2D eigenvalue weighted by Gasteiger charge is -2.19. The molecule has 220 valence electrons. The van der Waals surface area contributed by atoms with Gasteiger partial charge in [0.2, 0.25) is 0 Å². The van der Waals surface area contributed by atoms with Gasteiger partial charge in [-0.3, -0.25) is 4.79 Å². The second-order valence-corrected chi connectivity index (χ2v) is 11.9. The van der Waals surface area contributed by atoms with Crippen LogP contribution in [-0.4, -0.2) is 36.6 Å². The molecule has 1 N–H and O–H groups in total. The van der Waals surface area contributed by atoms with E-state index in [1.165, 1.54) is 154 Å². The molecule has 3 nitrogen and oxygen atoms in total. The summed E-state index contributed by atoms with van der Waals surface area (Å²) < 4.78 is 0. The van der Waals surface area contributed by atoms with Gasteiger partial charge < -0.3 is 10.0 Å². The van der Waals surface area contributed by atoms with Crippen molar-refractivity contribution in [1.82, 2.24) is 4.90 Å². The molecule has 0 saturated carbocycles. The van der Waals surface area contributed by atoms with E-state index in [2.05, 4.69) is 38.1 Å². The van der Waals surface area contributed by atoms with Crippen LogP contribution in [0.25, 0.3) is 0 Å². The Balaban J connectivity index is 3.53. The lowest BCUT2D eigenvalue weighted by atomic mass is 9.91. The Morgan fingerprint density at radius 1 is 0.595 bits per heavy atom. The third kappa shape index (κ3) is 31.3. The molecule has 0 radical (unpaired) electrons. The molecule has 0 saturated heterocycles. The maximum atomic E-state index is 10.5. The molecule has 0 bridgehead atoms. The molecule has 0 heterocycles. The molecule has 37 heavy (non-hydrogen) atoms. The minimum Gasteiger partial charge on any atom is -0.481 e. The van der Waals surface area contributed by atoms with Crippen molar-refractivity contribution in [2.24, 2.45) is 5.92 Å². The first kappa shape index (κ1) is 36.2. The zero-order chi connectivity index (χ0) is 27.2. The van der Waals surface area contributed by atoms with Crippen LogP contribution in [0.1, 0.15) is 174 Å². The monoisotopic (exact) mass is 522 g/mol. The van der Waals surface area contributed by atoms with Gasteiger partial charge in [0, 0.05) is 6.42 Å². The summed E-state index contributed by atoms with van der Waals surface area (Å²) in [6, 6.07) is 0. The Bertz CT molecular complexity index is 488. The van der Waals surface area contributed by atoms with Gasteiger partial charge in [-0.1, -0.05) is 141 Å². The van der Waals surface area contributed by atoms with E-state index >= 15 is 0 Å². The van der Waals surface area contributed by atoms with Crippen LogP contribution in [0, 0.1) is 5.92 Å². The lowest BCUT2D eigenvalue weighted by molar-refractivity contribution is -0.137. The van der Waals surface area contributed by atoms with Gasteiger partial charge >= 0.3 is 5.97 Å². The number of aliphatic carboxylic acids is 1. The zero-order valence-electron chi connectivity index (χ0n) is 25.6. The first-order chi connectivity index (χ1) is 18.1. The Kier molecular flexibility index (Phi) is 29.1. The zero-order valence-corrected chi connectivity index (χ0v) is 25.6. The van der Waals surface area contributed by atoms with Crippen LogP contribution in [-0.2, 0) is 4.79 Å². The van der Waals surface area contributed by atoms with Crippen LogP contribution in [0.2, 0.25) is 0 Å². The Morgan fingerprint density at radius 3 is 1.43 bits per heavy atom. The van der Waals surface area contributed by atoms with Crippen molar-refractivity contribution < 1.29 is 9.90 Å².